The van der Waals surface area contributed by atoms with Gasteiger partial charge in [-0.2, -0.15) is 0 Å². The molecule has 1 spiro atoms. The van der Waals surface area contributed by atoms with Gasteiger partial charge in [-0.3, -0.25) is 4.79 Å². The van der Waals surface area contributed by atoms with E-state index in [0.29, 0.717) is 45.2 Å². The molecule has 8 nitrogen and oxygen atoms in total. The van der Waals surface area contributed by atoms with Crippen LogP contribution in [-0.4, -0.2) is 54.2 Å². The van der Waals surface area contributed by atoms with Gasteiger partial charge in [0.15, 0.2) is 11.5 Å². The van der Waals surface area contributed by atoms with Crippen LogP contribution in [-0.2, 0) is 4.79 Å². The van der Waals surface area contributed by atoms with Gasteiger partial charge >= 0.3 is 0 Å². The van der Waals surface area contributed by atoms with Crippen LogP contribution in [0.3, 0.4) is 0 Å². The number of carbonyl (C=O) groups is 1. The fraction of sp³-hybridized carbons (Fsp3) is 0.281. The number of amides is 1. The van der Waals surface area contributed by atoms with E-state index in [1.165, 1.54) is 31.6 Å². The van der Waals surface area contributed by atoms with E-state index < -0.39 is 11.6 Å². The van der Waals surface area contributed by atoms with Crippen LogP contribution in [0.5, 0.6) is 17.2 Å². The lowest BCUT2D eigenvalue weighted by molar-refractivity contribution is -0.137. The summed E-state index contributed by atoms with van der Waals surface area (Å²) < 4.78 is 45.7. The Hall–Kier alpha value is -4.73. The van der Waals surface area contributed by atoms with Crippen molar-refractivity contribution >= 4 is 28.3 Å². The average molecular weight is 573 g/mol. The molecule has 1 saturated heterocycles. The lowest BCUT2D eigenvalue weighted by atomic mass is 9.78. The summed E-state index contributed by atoms with van der Waals surface area (Å²) >= 11 is 0. The third kappa shape index (κ3) is 5.08. The maximum Gasteiger partial charge on any atom is 0.245 e. The quantitative estimate of drug-likeness (QED) is 0.249. The van der Waals surface area contributed by atoms with Crippen molar-refractivity contribution in [3.63, 3.8) is 0 Å². The van der Waals surface area contributed by atoms with E-state index in [9.17, 15) is 13.6 Å². The maximum atomic E-state index is 14.6. The maximum absolute atomic E-state index is 14.6. The lowest BCUT2D eigenvalue weighted by Crippen LogP contribution is -2.57. The van der Waals surface area contributed by atoms with Crippen LogP contribution >= 0.6 is 0 Å². The summed E-state index contributed by atoms with van der Waals surface area (Å²) in [6, 6.07) is 12.3. The monoisotopic (exact) mass is 572 g/mol. The van der Waals surface area contributed by atoms with Crippen LogP contribution in [0, 0.1) is 17.0 Å². The molecule has 1 aliphatic heterocycles. The van der Waals surface area contributed by atoms with Crippen LogP contribution in [0.2, 0.25) is 0 Å². The first-order valence-corrected chi connectivity index (χ1v) is 13.6. The molecule has 0 bridgehead atoms. The Kier molecular flexibility index (Phi) is 7.14. The van der Waals surface area contributed by atoms with Gasteiger partial charge < -0.3 is 24.4 Å². The zero-order valence-corrected chi connectivity index (χ0v) is 23.3. The molecule has 1 unspecified atom stereocenters. The number of nitrogens with one attached hydrogen (secondary N) is 1. The van der Waals surface area contributed by atoms with Crippen molar-refractivity contribution in [3.05, 3.63) is 79.1 Å². The predicted octanol–water partition coefficient (Wildman–Crippen LogP) is 6.28. The lowest BCUT2D eigenvalue weighted by Gasteiger charge is -2.47. The minimum absolute atomic E-state index is 0.0271. The van der Waals surface area contributed by atoms with Crippen molar-refractivity contribution in [2.45, 2.75) is 25.4 Å². The highest BCUT2D eigenvalue weighted by molar-refractivity contribution is 5.94. The first-order valence-electron chi connectivity index (χ1n) is 13.6. The molecule has 4 aromatic rings. The van der Waals surface area contributed by atoms with Crippen molar-refractivity contribution in [2.24, 2.45) is 5.41 Å². The highest BCUT2D eigenvalue weighted by Crippen LogP contribution is 2.48. The van der Waals surface area contributed by atoms with Crippen LogP contribution in [0.1, 0.15) is 19.3 Å². The van der Waals surface area contributed by atoms with Gasteiger partial charge in [-0.25, -0.2) is 18.7 Å². The van der Waals surface area contributed by atoms with Crippen LogP contribution in [0.15, 0.2) is 67.5 Å². The molecule has 216 valence electrons. The minimum Gasteiger partial charge on any atom is -0.495 e. The standard InChI is InChI=1S/C32H30F2N4O4/c1-4-30(39)38-16-32(17-38)10-9-21(15-32)42-29-13-23-25(14-28(29)41-3)35-18-36-31(23)37-26-11-19(5-8-27(26)40-2)22-7-6-20(33)12-24(22)34/h4-8,11-14,18,21H,1,9-10,15-17H2,2-3H3,(H,35,36,37). The number of methoxy groups -OCH3 is 2. The zero-order valence-electron chi connectivity index (χ0n) is 23.3. The van der Waals surface area contributed by atoms with Crippen LogP contribution in [0.4, 0.5) is 20.3 Å². The summed E-state index contributed by atoms with van der Waals surface area (Å²) in [5.74, 6) is 0.777. The Balaban J connectivity index is 1.29. The number of halogens is 2. The Morgan fingerprint density at radius 1 is 1.05 bits per heavy atom. The molecule has 42 heavy (non-hydrogen) atoms. The predicted molar refractivity (Wildman–Crippen MR) is 155 cm³/mol. The van der Waals surface area contributed by atoms with E-state index in [4.69, 9.17) is 14.2 Å². The number of fused-ring (bicyclic) bond motifs is 1. The second kappa shape index (κ2) is 10.9. The number of aromatic nitrogens is 2. The Morgan fingerprint density at radius 2 is 1.86 bits per heavy atom. The van der Waals surface area contributed by atoms with Gasteiger partial charge in [0, 0.05) is 41.6 Å². The highest BCUT2D eigenvalue weighted by Gasteiger charge is 2.50. The number of hydrogen-bond acceptors (Lipinski definition) is 7. The van der Waals surface area contributed by atoms with Gasteiger partial charge in [0.25, 0.3) is 0 Å². The first kappa shape index (κ1) is 27.4. The summed E-state index contributed by atoms with van der Waals surface area (Å²) in [4.78, 5) is 22.6. The largest absolute Gasteiger partial charge is 0.495 e. The number of anilines is 2. The number of likely N-dealkylation sites (tertiary alicyclic amines) is 1. The summed E-state index contributed by atoms with van der Waals surface area (Å²) in [5, 5.41) is 3.99. The molecule has 2 heterocycles. The van der Waals surface area contributed by atoms with E-state index in [1.807, 2.05) is 11.0 Å². The normalized spacial score (nSPS) is 17.1. The fourth-order valence-corrected chi connectivity index (χ4v) is 6.01. The second-order valence-corrected chi connectivity index (χ2v) is 10.8. The molecule has 2 fully saturated rings. The van der Waals surface area contributed by atoms with Crippen molar-refractivity contribution in [1.29, 1.82) is 0 Å². The van der Waals surface area contributed by atoms with E-state index in [2.05, 4.69) is 21.9 Å². The molecule has 1 amide bonds. The molecule has 1 saturated carbocycles. The molecule has 1 N–H and O–H groups in total. The number of benzene rings is 3. The Labute approximate surface area is 241 Å². The average Bonchev–Trinajstić information content (AvgIpc) is 3.40. The van der Waals surface area contributed by atoms with Crippen LogP contribution in [0.25, 0.3) is 22.0 Å². The molecule has 6 rings (SSSR count). The minimum atomic E-state index is -0.664. The summed E-state index contributed by atoms with van der Waals surface area (Å²) in [5.41, 5.74) is 2.05. The molecule has 0 radical (unpaired) electrons. The van der Waals surface area contributed by atoms with Gasteiger partial charge in [-0.1, -0.05) is 12.6 Å². The molecular formula is C32H30F2N4O4. The van der Waals surface area contributed by atoms with E-state index in [-0.39, 0.29) is 23.0 Å². The summed E-state index contributed by atoms with van der Waals surface area (Å²) in [6.45, 7) is 5.02. The molecule has 1 atom stereocenters. The van der Waals surface area contributed by atoms with Gasteiger partial charge in [-0.05, 0) is 61.2 Å². The van der Waals surface area contributed by atoms with Gasteiger partial charge in [0.2, 0.25) is 5.91 Å². The first-order chi connectivity index (χ1) is 20.3. The number of ether oxygens (including phenoxy) is 3. The second-order valence-electron chi connectivity index (χ2n) is 10.8. The third-order valence-corrected chi connectivity index (χ3v) is 8.11. The van der Waals surface area contributed by atoms with Crippen LogP contribution < -0.4 is 19.5 Å². The van der Waals surface area contributed by atoms with Gasteiger partial charge in [0.1, 0.15) is 29.5 Å². The number of nitrogens with zero attached hydrogens (tertiary/aromatic N) is 3. The molecule has 2 aliphatic rings. The topological polar surface area (TPSA) is 85.8 Å². The molecule has 10 heteroatoms. The van der Waals surface area contributed by atoms with E-state index in [0.717, 1.165) is 38.4 Å². The zero-order chi connectivity index (χ0) is 29.4. The molecule has 1 aliphatic carbocycles. The van der Waals surface area contributed by atoms with Gasteiger partial charge in [0.05, 0.1) is 31.5 Å². The highest BCUT2D eigenvalue weighted by atomic mass is 19.1. The summed E-state index contributed by atoms with van der Waals surface area (Å²) in [7, 11) is 3.12. The number of hydrogen-bond donors (Lipinski definition) is 1. The Bertz CT molecular complexity index is 1690. The summed E-state index contributed by atoms with van der Waals surface area (Å²) in [6.07, 6.45) is 5.47. The van der Waals surface area contributed by atoms with E-state index >= 15 is 0 Å². The van der Waals surface area contributed by atoms with Crippen molar-refractivity contribution in [2.75, 3.05) is 32.6 Å². The van der Waals surface area contributed by atoms with E-state index in [1.54, 1.807) is 31.4 Å². The van der Waals surface area contributed by atoms with Crippen molar-refractivity contribution < 1.29 is 27.8 Å². The SMILES string of the molecule is C=CC(=O)N1CC2(CCC(Oc3cc4c(Nc5cc(-c6ccc(F)cc6F)ccc5OC)ncnc4cc3OC)C2)C1. The number of rotatable bonds is 8. The third-order valence-electron chi connectivity index (χ3n) is 8.11. The molecule has 3 aromatic carbocycles. The molecule has 1 aromatic heterocycles. The number of carbonyl (C=O) groups excluding carboxylic acids is 1. The van der Waals surface area contributed by atoms with Crippen molar-refractivity contribution in [3.8, 4) is 28.4 Å². The molecular weight excluding hydrogens is 542 g/mol. The smallest absolute Gasteiger partial charge is 0.245 e. The van der Waals surface area contributed by atoms with Crippen molar-refractivity contribution in [1.82, 2.24) is 14.9 Å². The van der Waals surface area contributed by atoms with Gasteiger partial charge in [-0.15, -0.1) is 0 Å². The fourth-order valence-electron chi connectivity index (χ4n) is 6.01. The Morgan fingerprint density at radius 3 is 2.60 bits per heavy atom.